The lowest BCUT2D eigenvalue weighted by Crippen LogP contribution is -2.51. The van der Waals surface area contributed by atoms with Crippen LogP contribution in [0.2, 0.25) is 0 Å². The van der Waals surface area contributed by atoms with Gasteiger partial charge in [0.1, 0.15) is 0 Å². The summed E-state index contributed by atoms with van der Waals surface area (Å²) < 4.78 is 43.4. The maximum atomic E-state index is 14.0. The van der Waals surface area contributed by atoms with Crippen LogP contribution in [0.5, 0.6) is 0 Å². The van der Waals surface area contributed by atoms with Crippen molar-refractivity contribution in [3.63, 3.8) is 0 Å². The first kappa shape index (κ1) is 23.6. The zero-order valence-electron chi connectivity index (χ0n) is 18.1. The highest BCUT2D eigenvalue weighted by atomic mass is 19.4. The number of piperidine rings is 1. The monoisotopic (exact) mass is 477 g/mol. The van der Waals surface area contributed by atoms with Crippen LogP contribution < -0.4 is 5.73 Å². The molecule has 4 heterocycles. The fourth-order valence-corrected chi connectivity index (χ4v) is 4.29. The third-order valence-electron chi connectivity index (χ3n) is 6.19. The van der Waals surface area contributed by atoms with Crippen LogP contribution in [0.4, 0.5) is 24.7 Å². The topological polar surface area (TPSA) is 136 Å². The number of hydrogen-bond donors (Lipinski definition) is 2. The van der Waals surface area contributed by atoms with Crippen LogP contribution in [-0.2, 0) is 5.60 Å². The third-order valence-corrected chi connectivity index (χ3v) is 6.19. The molecule has 34 heavy (non-hydrogen) atoms. The van der Waals surface area contributed by atoms with Crippen LogP contribution in [0.25, 0.3) is 16.9 Å². The Hall–Kier alpha value is -3.58. The van der Waals surface area contributed by atoms with Gasteiger partial charge in [0.15, 0.2) is 11.4 Å². The molecule has 0 radical (unpaired) electrons. The Balaban J connectivity index is 1.66. The molecular formula is C21H22F3N7O3. The molecule has 0 saturated carbocycles. The maximum Gasteiger partial charge on any atom is 0.421 e. The molecule has 3 aromatic rings. The van der Waals surface area contributed by atoms with E-state index in [1.165, 1.54) is 41.5 Å². The molecule has 4 rings (SSSR count). The Labute approximate surface area is 192 Å². The van der Waals surface area contributed by atoms with Gasteiger partial charge in [0.25, 0.3) is 0 Å². The molecule has 180 valence electrons. The van der Waals surface area contributed by atoms with Crippen molar-refractivity contribution in [1.29, 1.82) is 0 Å². The number of likely N-dealkylation sites (tertiary alicyclic amines) is 1. The lowest BCUT2D eigenvalue weighted by molar-refractivity contribution is -0.383. The fourth-order valence-electron chi connectivity index (χ4n) is 4.29. The van der Waals surface area contributed by atoms with E-state index in [-0.39, 0.29) is 41.3 Å². The van der Waals surface area contributed by atoms with Crippen molar-refractivity contribution in [2.24, 2.45) is 5.92 Å². The summed E-state index contributed by atoms with van der Waals surface area (Å²) in [6.07, 6.45) is 0.627. The summed E-state index contributed by atoms with van der Waals surface area (Å²) in [7, 11) is 1.83. The largest absolute Gasteiger partial charge is 0.421 e. The summed E-state index contributed by atoms with van der Waals surface area (Å²) in [5.74, 6) is -1.07. The van der Waals surface area contributed by atoms with Crippen LogP contribution in [0, 0.1) is 16.0 Å². The molecule has 0 amide bonds. The van der Waals surface area contributed by atoms with Gasteiger partial charge in [0, 0.05) is 35.6 Å². The normalized spacial score (nSPS) is 17.4. The zero-order chi connectivity index (χ0) is 24.7. The molecule has 1 aliphatic heterocycles. The second kappa shape index (κ2) is 8.65. The minimum atomic E-state index is -4.88. The molecule has 0 aromatic carbocycles. The summed E-state index contributed by atoms with van der Waals surface area (Å²) >= 11 is 0. The van der Waals surface area contributed by atoms with Crippen LogP contribution in [0.3, 0.4) is 0 Å². The Morgan fingerprint density at radius 3 is 2.47 bits per heavy atom. The highest BCUT2D eigenvalue weighted by molar-refractivity contribution is 5.78. The third kappa shape index (κ3) is 4.07. The highest BCUT2D eigenvalue weighted by Crippen LogP contribution is 2.47. The van der Waals surface area contributed by atoms with Gasteiger partial charge in [0.2, 0.25) is 5.82 Å². The second-order valence-electron chi connectivity index (χ2n) is 8.27. The van der Waals surface area contributed by atoms with E-state index < -0.39 is 22.6 Å². The van der Waals surface area contributed by atoms with Crippen LogP contribution in [-0.4, -0.2) is 61.0 Å². The van der Waals surface area contributed by atoms with E-state index in [2.05, 4.69) is 15.1 Å². The lowest BCUT2D eigenvalue weighted by atomic mass is 9.76. The summed E-state index contributed by atoms with van der Waals surface area (Å²) in [5, 5.41) is 26.4. The molecule has 1 unspecified atom stereocenters. The zero-order valence-corrected chi connectivity index (χ0v) is 18.1. The average Bonchev–Trinajstić information content (AvgIpc) is 3.28. The minimum Gasteiger partial charge on any atom is -0.378 e. The van der Waals surface area contributed by atoms with E-state index in [1.54, 1.807) is 0 Å². The van der Waals surface area contributed by atoms with Gasteiger partial charge in [-0.3, -0.25) is 10.1 Å². The van der Waals surface area contributed by atoms with Crippen molar-refractivity contribution >= 4 is 11.5 Å². The van der Waals surface area contributed by atoms with Gasteiger partial charge >= 0.3 is 11.9 Å². The van der Waals surface area contributed by atoms with Crippen molar-refractivity contribution < 1.29 is 23.2 Å². The number of nitro groups is 1. The van der Waals surface area contributed by atoms with E-state index >= 15 is 0 Å². The number of pyridine rings is 2. The number of anilines is 1. The number of aromatic nitrogens is 4. The van der Waals surface area contributed by atoms with Gasteiger partial charge < -0.3 is 15.7 Å². The first-order chi connectivity index (χ1) is 16.0. The number of rotatable bonds is 5. The molecule has 13 heteroatoms. The summed E-state index contributed by atoms with van der Waals surface area (Å²) in [6, 6.07) is 3.91. The van der Waals surface area contributed by atoms with E-state index in [0.717, 1.165) is 6.20 Å². The SMILES string of the molecule is CN1CCC(C(O)(c2ccc(-n3cc(-c4ccnc(N)c4[N+](=O)[O-])cn3)nc2)C(F)(F)F)CC1. The first-order valence-corrected chi connectivity index (χ1v) is 10.4. The molecule has 0 aliphatic carbocycles. The van der Waals surface area contributed by atoms with Crippen LogP contribution in [0.15, 0.2) is 43.0 Å². The highest BCUT2D eigenvalue weighted by Gasteiger charge is 2.59. The van der Waals surface area contributed by atoms with Gasteiger partial charge in [-0.05, 0) is 45.1 Å². The number of nitrogen functional groups attached to an aromatic ring is 1. The van der Waals surface area contributed by atoms with Gasteiger partial charge in [0.05, 0.1) is 16.7 Å². The number of alkyl halides is 3. The number of hydrogen-bond acceptors (Lipinski definition) is 8. The number of aliphatic hydroxyl groups is 1. The van der Waals surface area contributed by atoms with Crippen molar-refractivity contribution in [2.45, 2.75) is 24.6 Å². The quantitative estimate of drug-likeness (QED) is 0.423. The molecule has 1 aliphatic rings. The van der Waals surface area contributed by atoms with E-state index in [0.29, 0.717) is 18.7 Å². The smallest absolute Gasteiger partial charge is 0.378 e. The summed E-state index contributed by atoms with van der Waals surface area (Å²) in [6.45, 7) is 0.909. The first-order valence-electron chi connectivity index (χ1n) is 10.4. The number of nitrogens with two attached hydrogens (primary N) is 1. The predicted molar refractivity (Wildman–Crippen MR) is 116 cm³/mol. The Bertz CT molecular complexity index is 1190. The number of nitrogens with zero attached hydrogens (tertiary/aromatic N) is 6. The number of halogens is 3. The van der Waals surface area contributed by atoms with Gasteiger partial charge in [-0.15, -0.1) is 0 Å². The average molecular weight is 477 g/mol. The Morgan fingerprint density at radius 2 is 1.88 bits per heavy atom. The van der Waals surface area contributed by atoms with E-state index in [1.807, 2.05) is 11.9 Å². The molecular weight excluding hydrogens is 455 g/mol. The fraction of sp³-hybridized carbons (Fsp3) is 0.381. The van der Waals surface area contributed by atoms with Gasteiger partial charge in [-0.2, -0.15) is 18.3 Å². The summed E-state index contributed by atoms with van der Waals surface area (Å²) in [4.78, 5) is 20.5. The van der Waals surface area contributed by atoms with E-state index in [4.69, 9.17) is 5.73 Å². The van der Waals surface area contributed by atoms with Gasteiger partial charge in [-0.25, -0.2) is 14.6 Å². The molecule has 1 saturated heterocycles. The Morgan fingerprint density at radius 1 is 1.18 bits per heavy atom. The van der Waals surface area contributed by atoms with Gasteiger partial charge in [-0.1, -0.05) is 6.07 Å². The standard InChI is InChI=1S/C21H22F3N7O3/c1-29-8-5-14(6-9-29)20(32,21(22,23)24)15-2-3-17(27-11-15)30-12-13(10-28-30)16-4-7-26-19(25)18(16)31(33)34/h2-4,7,10-12,14,32H,5-6,8-9H2,1H3,(H2,25,26). The van der Waals surface area contributed by atoms with Crippen molar-refractivity contribution in [3.8, 4) is 16.9 Å². The van der Waals surface area contributed by atoms with Crippen LogP contribution >= 0.6 is 0 Å². The Kier molecular flexibility index (Phi) is 6.00. The molecule has 1 atom stereocenters. The predicted octanol–water partition coefficient (Wildman–Crippen LogP) is 2.91. The summed E-state index contributed by atoms with van der Waals surface area (Å²) in [5.41, 5.74) is 2.43. The minimum absolute atomic E-state index is 0.174. The van der Waals surface area contributed by atoms with Crippen LogP contribution in [0.1, 0.15) is 18.4 Å². The second-order valence-corrected chi connectivity index (χ2v) is 8.27. The molecule has 3 aromatic heterocycles. The van der Waals surface area contributed by atoms with Crippen molar-refractivity contribution in [1.82, 2.24) is 24.6 Å². The molecule has 1 fully saturated rings. The van der Waals surface area contributed by atoms with Crippen molar-refractivity contribution in [2.75, 3.05) is 25.9 Å². The molecule has 0 spiro atoms. The maximum absolute atomic E-state index is 14.0. The molecule has 0 bridgehead atoms. The lowest BCUT2D eigenvalue weighted by Gasteiger charge is -2.41. The molecule has 10 nitrogen and oxygen atoms in total. The van der Waals surface area contributed by atoms with E-state index in [9.17, 15) is 28.4 Å². The van der Waals surface area contributed by atoms with Crippen molar-refractivity contribution in [3.05, 3.63) is 58.7 Å². The molecule has 3 N–H and O–H groups in total.